The smallest absolute Gasteiger partial charge is 0.330 e. The Bertz CT molecular complexity index is 1040. The third-order valence-corrected chi connectivity index (χ3v) is 6.24. The van der Waals surface area contributed by atoms with Gasteiger partial charge in [-0.1, -0.05) is 23.7 Å². The molecule has 3 rings (SSSR count). The average Bonchev–Trinajstić information content (AvgIpc) is 2.62. The van der Waals surface area contributed by atoms with Crippen LogP contribution in [-0.4, -0.2) is 31.9 Å². The van der Waals surface area contributed by atoms with Gasteiger partial charge < -0.3 is 4.90 Å². The summed E-state index contributed by atoms with van der Waals surface area (Å²) in [7, 11) is -3.98. The number of alkyl halides is 3. The van der Waals surface area contributed by atoms with Gasteiger partial charge in [-0.15, -0.1) is 0 Å². The minimum Gasteiger partial charge on any atom is -0.330 e. The number of anilines is 1. The van der Waals surface area contributed by atoms with Crippen molar-refractivity contribution in [2.45, 2.75) is 31.0 Å². The van der Waals surface area contributed by atoms with Crippen molar-refractivity contribution in [1.82, 2.24) is 4.90 Å². The predicted molar refractivity (Wildman–Crippen MR) is 98.6 cm³/mol. The van der Waals surface area contributed by atoms with E-state index in [0.717, 1.165) is 5.56 Å². The summed E-state index contributed by atoms with van der Waals surface area (Å²) in [4.78, 5) is 12.0. The first-order chi connectivity index (χ1) is 13.0. The molecule has 0 unspecified atom stereocenters. The summed E-state index contributed by atoms with van der Waals surface area (Å²) in [6, 6.07) is 8.92. The van der Waals surface area contributed by atoms with Crippen LogP contribution in [0.15, 0.2) is 41.3 Å². The lowest BCUT2D eigenvalue weighted by atomic mass is 10.00. The lowest BCUT2D eigenvalue weighted by Gasteiger charge is -2.29. The molecule has 28 heavy (non-hydrogen) atoms. The molecule has 0 spiro atoms. The van der Waals surface area contributed by atoms with Crippen LogP contribution in [0.3, 0.4) is 0 Å². The zero-order valence-electron chi connectivity index (χ0n) is 14.7. The summed E-state index contributed by atoms with van der Waals surface area (Å²) in [6.07, 6.45) is -4.74. The first-order valence-electron chi connectivity index (χ1n) is 8.24. The van der Waals surface area contributed by atoms with Gasteiger partial charge in [-0.05, 0) is 54.3 Å². The van der Waals surface area contributed by atoms with Crippen LogP contribution >= 0.6 is 11.6 Å². The number of carbonyl (C=O) groups excluding carboxylic acids is 1. The molecule has 0 fully saturated rings. The predicted octanol–water partition coefficient (Wildman–Crippen LogP) is 3.90. The lowest BCUT2D eigenvalue weighted by molar-refractivity contribution is -0.186. The lowest BCUT2D eigenvalue weighted by Crippen LogP contribution is -2.43. The molecule has 1 aliphatic heterocycles. The van der Waals surface area contributed by atoms with Crippen molar-refractivity contribution >= 4 is 33.2 Å². The maximum atomic E-state index is 12.7. The van der Waals surface area contributed by atoms with Crippen molar-refractivity contribution in [1.29, 1.82) is 0 Å². The summed E-state index contributed by atoms with van der Waals surface area (Å²) in [5.74, 6) is -1.93. The van der Waals surface area contributed by atoms with Gasteiger partial charge >= 0.3 is 12.1 Å². The zero-order chi connectivity index (χ0) is 20.7. The van der Waals surface area contributed by atoms with Gasteiger partial charge in [-0.25, -0.2) is 8.42 Å². The molecule has 0 bridgehead atoms. The van der Waals surface area contributed by atoms with Gasteiger partial charge in [0.1, 0.15) is 0 Å². The Hall–Kier alpha value is -2.26. The van der Waals surface area contributed by atoms with Crippen molar-refractivity contribution in [3.05, 3.63) is 58.1 Å². The number of nitrogens with zero attached hydrogens (tertiary/aromatic N) is 1. The van der Waals surface area contributed by atoms with E-state index in [1.165, 1.54) is 18.2 Å². The molecule has 0 aromatic heterocycles. The van der Waals surface area contributed by atoms with E-state index in [4.69, 9.17) is 11.6 Å². The first kappa shape index (κ1) is 20.5. The van der Waals surface area contributed by atoms with Crippen molar-refractivity contribution in [2.24, 2.45) is 0 Å². The van der Waals surface area contributed by atoms with Crippen LogP contribution in [0.1, 0.15) is 16.7 Å². The van der Waals surface area contributed by atoms with E-state index < -0.39 is 22.1 Å². The molecule has 2 aromatic rings. The number of aryl methyl sites for hydroxylation is 1. The van der Waals surface area contributed by atoms with Crippen LogP contribution < -0.4 is 4.72 Å². The molecule has 0 aliphatic carbocycles. The molecule has 0 radical (unpaired) electrons. The Morgan fingerprint density at radius 3 is 2.50 bits per heavy atom. The summed E-state index contributed by atoms with van der Waals surface area (Å²) < 4.78 is 65.7. The van der Waals surface area contributed by atoms with Gasteiger partial charge in [-0.2, -0.15) is 13.2 Å². The normalized spacial score (nSPS) is 14.5. The standard InChI is InChI=1S/C18H16ClF3N2O3S/c1-11-2-4-14(9-16(11)19)23-28(26,27)15-5-3-12-6-7-24(10-13(12)8-15)17(25)18(20,21)22/h2-5,8-9,23H,6-7,10H2,1H3. The molecular weight excluding hydrogens is 417 g/mol. The number of hydrogen-bond donors (Lipinski definition) is 1. The number of sulfonamides is 1. The second-order valence-electron chi connectivity index (χ2n) is 6.47. The molecule has 1 heterocycles. The Balaban J connectivity index is 1.86. The summed E-state index contributed by atoms with van der Waals surface area (Å²) in [5.41, 5.74) is 2.13. The van der Waals surface area contributed by atoms with Crippen molar-refractivity contribution in [3.8, 4) is 0 Å². The molecule has 5 nitrogen and oxygen atoms in total. The molecule has 10 heteroatoms. The monoisotopic (exact) mass is 432 g/mol. The molecular formula is C18H16ClF3N2O3S. The van der Waals surface area contributed by atoms with Crippen LogP contribution in [0, 0.1) is 6.92 Å². The Kier molecular flexibility index (Phi) is 5.33. The van der Waals surface area contributed by atoms with Gasteiger partial charge in [0.2, 0.25) is 0 Å². The molecule has 150 valence electrons. The highest BCUT2D eigenvalue weighted by Gasteiger charge is 2.43. The third kappa shape index (κ3) is 4.25. The topological polar surface area (TPSA) is 66.5 Å². The van der Waals surface area contributed by atoms with Gasteiger partial charge in [0.15, 0.2) is 0 Å². The van der Waals surface area contributed by atoms with Crippen LogP contribution in [0.4, 0.5) is 18.9 Å². The van der Waals surface area contributed by atoms with Crippen LogP contribution in [-0.2, 0) is 27.8 Å². The van der Waals surface area contributed by atoms with Crippen molar-refractivity contribution < 1.29 is 26.4 Å². The minimum atomic E-state index is -4.96. The fourth-order valence-corrected chi connectivity index (χ4v) is 4.20. The van der Waals surface area contributed by atoms with Gasteiger partial charge in [0.05, 0.1) is 10.6 Å². The third-order valence-electron chi connectivity index (χ3n) is 4.45. The molecule has 0 saturated carbocycles. The van der Waals surface area contributed by atoms with E-state index in [1.807, 2.05) is 0 Å². The number of rotatable bonds is 3. The first-order valence-corrected chi connectivity index (χ1v) is 10.1. The van der Waals surface area contributed by atoms with Crippen molar-refractivity contribution in [3.63, 3.8) is 0 Å². The Morgan fingerprint density at radius 1 is 1.14 bits per heavy atom. The molecule has 1 aliphatic rings. The summed E-state index contributed by atoms with van der Waals surface area (Å²) >= 11 is 6.00. The summed E-state index contributed by atoms with van der Waals surface area (Å²) in [6.45, 7) is 1.41. The van der Waals surface area contributed by atoms with Gasteiger partial charge in [0.25, 0.3) is 10.0 Å². The van der Waals surface area contributed by atoms with Crippen LogP contribution in [0.2, 0.25) is 5.02 Å². The van der Waals surface area contributed by atoms with Crippen LogP contribution in [0.5, 0.6) is 0 Å². The number of amides is 1. The van der Waals surface area contributed by atoms with Gasteiger partial charge in [-0.3, -0.25) is 9.52 Å². The number of carbonyl (C=O) groups is 1. The largest absolute Gasteiger partial charge is 0.471 e. The van der Waals surface area contributed by atoms with E-state index >= 15 is 0 Å². The Morgan fingerprint density at radius 2 is 1.86 bits per heavy atom. The molecule has 0 saturated heterocycles. The number of fused-ring (bicyclic) bond motifs is 1. The quantitative estimate of drug-likeness (QED) is 0.800. The second-order valence-corrected chi connectivity index (χ2v) is 8.56. The van der Waals surface area contributed by atoms with E-state index in [0.29, 0.717) is 21.0 Å². The molecule has 1 N–H and O–H groups in total. The van der Waals surface area contributed by atoms with Crippen LogP contribution in [0.25, 0.3) is 0 Å². The maximum absolute atomic E-state index is 12.7. The molecule has 0 atom stereocenters. The highest BCUT2D eigenvalue weighted by Crippen LogP contribution is 2.28. The maximum Gasteiger partial charge on any atom is 0.471 e. The van der Waals surface area contributed by atoms with E-state index in [-0.39, 0.29) is 30.1 Å². The zero-order valence-corrected chi connectivity index (χ0v) is 16.2. The molecule has 2 aromatic carbocycles. The number of benzene rings is 2. The number of halogens is 4. The summed E-state index contributed by atoms with van der Waals surface area (Å²) in [5, 5.41) is 0.395. The second kappa shape index (κ2) is 7.29. The molecule has 1 amide bonds. The fourth-order valence-electron chi connectivity index (χ4n) is 2.92. The SMILES string of the molecule is Cc1ccc(NS(=O)(=O)c2ccc3c(c2)CN(C(=O)C(F)(F)F)CC3)cc1Cl. The number of nitrogens with one attached hydrogen (secondary N) is 1. The van der Waals surface area contributed by atoms with Crippen molar-refractivity contribution in [2.75, 3.05) is 11.3 Å². The van der Waals surface area contributed by atoms with E-state index in [1.54, 1.807) is 25.1 Å². The minimum absolute atomic E-state index is 0.0719. The van der Waals surface area contributed by atoms with E-state index in [9.17, 15) is 26.4 Å². The number of hydrogen-bond acceptors (Lipinski definition) is 3. The highest BCUT2D eigenvalue weighted by atomic mass is 35.5. The average molecular weight is 433 g/mol. The van der Waals surface area contributed by atoms with E-state index in [2.05, 4.69) is 4.72 Å². The highest BCUT2D eigenvalue weighted by molar-refractivity contribution is 7.92. The fraction of sp³-hybridized carbons (Fsp3) is 0.278. The Labute approximate surface area is 165 Å². The van der Waals surface area contributed by atoms with Gasteiger partial charge in [0, 0.05) is 18.1 Å².